The van der Waals surface area contributed by atoms with Gasteiger partial charge in [0.05, 0.1) is 6.61 Å². The van der Waals surface area contributed by atoms with Gasteiger partial charge >= 0.3 is 0 Å². The zero-order valence-corrected chi connectivity index (χ0v) is 8.15. The lowest BCUT2D eigenvalue weighted by Crippen LogP contribution is -2.21. The third-order valence-corrected chi connectivity index (χ3v) is 2.51. The predicted molar refractivity (Wildman–Crippen MR) is 54.7 cm³/mol. The summed E-state index contributed by atoms with van der Waals surface area (Å²) in [5.74, 6) is 6.11. The Kier molecular flexibility index (Phi) is 2.96. The monoisotopic (exact) mass is 193 g/mol. The smallest absolute Gasteiger partial charge is 0.134 e. The molecule has 14 heavy (non-hydrogen) atoms. The Morgan fingerprint density at radius 1 is 1.43 bits per heavy atom. The molecule has 0 atom stereocenters. The van der Waals surface area contributed by atoms with Crippen molar-refractivity contribution in [2.75, 3.05) is 18.0 Å². The molecular formula is C10H15N3O. The number of pyridine rings is 1. The number of hydrogen-bond donors (Lipinski definition) is 1. The fourth-order valence-electron chi connectivity index (χ4n) is 1.85. The molecule has 1 saturated heterocycles. The molecule has 0 bridgehead atoms. The van der Waals surface area contributed by atoms with E-state index in [1.54, 1.807) is 0 Å². The number of nitrogens with zero attached hydrogens (tertiary/aromatic N) is 2. The van der Waals surface area contributed by atoms with Gasteiger partial charge in [-0.1, -0.05) is 6.07 Å². The fraction of sp³-hybridized carbons (Fsp3) is 0.500. The second kappa shape index (κ2) is 4.39. The first kappa shape index (κ1) is 9.43. The lowest BCUT2D eigenvalue weighted by atomic mass is 10.2. The summed E-state index contributed by atoms with van der Waals surface area (Å²) < 4.78 is 0. The van der Waals surface area contributed by atoms with Crippen molar-refractivity contribution in [2.24, 2.45) is 5.90 Å². The number of rotatable bonds is 3. The van der Waals surface area contributed by atoms with E-state index in [2.05, 4.69) is 14.7 Å². The molecule has 2 heterocycles. The highest BCUT2D eigenvalue weighted by Gasteiger charge is 2.16. The quantitative estimate of drug-likeness (QED) is 0.730. The zero-order valence-electron chi connectivity index (χ0n) is 8.15. The molecule has 1 aromatic heterocycles. The summed E-state index contributed by atoms with van der Waals surface area (Å²) in [5, 5.41) is 0. The van der Waals surface area contributed by atoms with E-state index in [-0.39, 0.29) is 0 Å². The summed E-state index contributed by atoms with van der Waals surface area (Å²) in [4.78, 5) is 11.3. The molecule has 1 aliphatic heterocycles. The average Bonchev–Trinajstić information content (AvgIpc) is 2.72. The molecule has 0 amide bonds. The fourth-order valence-corrected chi connectivity index (χ4v) is 1.85. The number of hydrogen-bond acceptors (Lipinski definition) is 4. The summed E-state index contributed by atoms with van der Waals surface area (Å²) in [6.45, 7) is 2.61. The molecule has 0 radical (unpaired) electrons. The second-order valence-electron chi connectivity index (χ2n) is 3.49. The van der Waals surface area contributed by atoms with Crippen LogP contribution in [0.4, 0.5) is 5.82 Å². The van der Waals surface area contributed by atoms with Gasteiger partial charge in [-0.2, -0.15) is 0 Å². The standard InChI is InChI=1S/C10H15N3O/c11-14-8-9-4-3-5-12-10(9)13-6-1-2-7-13/h3-5H,1-2,6-8,11H2. The van der Waals surface area contributed by atoms with E-state index in [1.807, 2.05) is 18.3 Å². The molecule has 0 spiro atoms. The molecule has 1 aromatic rings. The van der Waals surface area contributed by atoms with Crippen LogP contribution < -0.4 is 10.8 Å². The molecule has 0 aliphatic carbocycles. The van der Waals surface area contributed by atoms with E-state index >= 15 is 0 Å². The highest BCUT2D eigenvalue weighted by molar-refractivity contribution is 5.47. The minimum atomic E-state index is 0.430. The summed E-state index contributed by atoms with van der Waals surface area (Å²) in [5.41, 5.74) is 1.07. The van der Waals surface area contributed by atoms with E-state index in [0.717, 1.165) is 24.5 Å². The first-order valence-corrected chi connectivity index (χ1v) is 4.92. The van der Waals surface area contributed by atoms with Crippen LogP contribution in [0.1, 0.15) is 18.4 Å². The van der Waals surface area contributed by atoms with Gasteiger partial charge in [0, 0.05) is 24.8 Å². The van der Waals surface area contributed by atoms with Gasteiger partial charge in [0.25, 0.3) is 0 Å². The summed E-state index contributed by atoms with van der Waals surface area (Å²) in [6.07, 6.45) is 4.31. The number of aromatic nitrogens is 1. The molecule has 1 aliphatic rings. The van der Waals surface area contributed by atoms with E-state index in [4.69, 9.17) is 5.90 Å². The highest BCUT2D eigenvalue weighted by Crippen LogP contribution is 2.21. The maximum Gasteiger partial charge on any atom is 0.134 e. The normalized spacial score (nSPS) is 16.2. The Morgan fingerprint density at radius 2 is 2.21 bits per heavy atom. The Bertz CT molecular complexity index is 297. The van der Waals surface area contributed by atoms with Crippen molar-refractivity contribution in [1.29, 1.82) is 0 Å². The molecule has 2 rings (SSSR count). The van der Waals surface area contributed by atoms with Gasteiger partial charge in [0.1, 0.15) is 5.82 Å². The highest BCUT2D eigenvalue weighted by atomic mass is 16.6. The minimum Gasteiger partial charge on any atom is -0.356 e. The van der Waals surface area contributed by atoms with Gasteiger partial charge in [0.2, 0.25) is 0 Å². The van der Waals surface area contributed by atoms with E-state index in [9.17, 15) is 0 Å². The summed E-state index contributed by atoms with van der Waals surface area (Å²) in [7, 11) is 0. The van der Waals surface area contributed by atoms with Crippen LogP contribution in [0.2, 0.25) is 0 Å². The van der Waals surface area contributed by atoms with Gasteiger partial charge in [-0.05, 0) is 18.9 Å². The topological polar surface area (TPSA) is 51.4 Å². The van der Waals surface area contributed by atoms with Crippen LogP contribution in [0.15, 0.2) is 18.3 Å². The number of nitrogens with two attached hydrogens (primary N) is 1. The molecule has 4 nitrogen and oxygen atoms in total. The van der Waals surface area contributed by atoms with Crippen molar-refractivity contribution in [3.8, 4) is 0 Å². The van der Waals surface area contributed by atoms with Crippen LogP contribution in [0, 0.1) is 0 Å². The van der Waals surface area contributed by atoms with Crippen LogP contribution in [-0.2, 0) is 11.4 Å². The summed E-state index contributed by atoms with van der Waals surface area (Å²) >= 11 is 0. The minimum absolute atomic E-state index is 0.430. The second-order valence-corrected chi connectivity index (χ2v) is 3.49. The Labute approximate surface area is 83.6 Å². The maximum absolute atomic E-state index is 5.08. The van der Waals surface area contributed by atoms with Crippen LogP contribution in [0.5, 0.6) is 0 Å². The van der Waals surface area contributed by atoms with E-state index in [1.165, 1.54) is 12.8 Å². The van der Waals surface area contributed by atoms with E-state index < -0.39 is 0 Å². The first-order chi connectivity index (χ1) is 6.92. The maximum atomic E-state index is 5.08. The molecule has 4 heteroatoms. The van der Waals surface area contributed by atoms with Crippen molar-refractivity contribution in [2.45, 2.75) is 19.4 Å². The molecular weight excluding hydrogens is 178 g/mol. The third kappa shape index (κ3) is 1.86. The van der Waals surface area contributed by atoms with Crippen LogP contribution >= 0.6 is 0 Å². The van der Waals surface area contributed by atoms with E-state index in [0.29, 0.717) is 6.61 Å². The SMILES string of the molecule is NOCc1cccnc1N1CCCC1. The number of anilines is 1. The lowest BCUT2D eigenvalue weighted by molar-refractivity contribution is 0.124. The Hall–Kier alpha value is -1.13. The molecule has 0 unspecified atom stereocenters. The van der Waals surface area contributed by atoms with Crippen LogP contribution in [-0.4, -0.2) is 18.1 Å². The molecule has 1 fully saturated rings. The largest absolute Gasteiger partial charge is 0.356 e. The molecule has 0 saturated carbocycles. The first-order valence-electron chi connectivity index (χ1n) is 4.92. The third-order valence-electron chi connectivity index (χ3n) is 2.51. The van der Waals surface area contributed by atoms with Crippen LogP contribution in [0.25, 0.3) is 0 Å². The van der Waals surface area contributed by atoms with Gasteiger partial charge in [0.15, 0.2) is 0 Å². The van der Waals surface area contributed by atoms with Gasteiger partial charge in [-0.25, -0.2) is 10.9 Å². The Morgan fingerprint density at radius 3 is 2.93 bits per heavy atom. The van der Waals surface area contributed by atoms with Crippen molar-refractivity contribution >= 4 is 5.82 Å². The van der Waals surface area contributed by atoms with Crippen molar-refractivity contribution in [3.05, 3.63) is 23.9 Å². The lowest BCUT2D eigenvalue weighted by Gasteiger charge is -2.19. The molecule has 76 valence electrons. The average molecular weight is 193 g/mol. The van der Waals surface area contributed by atoms with Gasteiger partial charge < -0.3 is 4.90 Å². The van der Waals surface area contributed by atoms with Crippen LogP contribution in [0.3, 0.4) is 0 Å². The zero-order chi connectivity index (χ0) is 9.80. The summed E-state index contributed by atoms with van der Waals surface area (Å²) in [6, 6.07) is 3.92. The Balaban J connectivity index is 2.21. The van der Waals surface area contributed by atoms with Gasteiger partial charge in [-0.3, -0.25) is 4.84 Å². The molecule has 0 aromatic carbocycles. The van der Waals surface area contributed by atoms with Crippen molar-refractivity contribution < 1.29 is 4.84 Å². The van der Waals surface area contributed by atoms with Gasteiger partial charge in [-0.15, -0.1) is 0 Å². The van der Waals surface area contributed by atoms with Crippen molar-refractivity contribution in [1.82, 2.24) is 4.98 Å². The van der Waals surface area contributed by atoms with Crippen molar-refractivity contribution in [3.63, 3.8) is 0 Å². The predicted octanol–water partition coefficient (Wildman–Crippen LogP) is 1.07. The molecule has 2 N–H and O–H groups in total.